The van der Waals surface area contributed by atoms with E-state index in [0.717, 1.165) is 103 Å². The number of esters is 1. The molecule has 0 aliphatic heterocycles. The summed E-state index contributed by atoms with van der Waals surface area (Å²) in [7, 11) is 0. The van der Waals surface area contributed by atoms with Crippen molar-refractivity contribution in [3.05, 3.63) is 72.9 Å². The van der Waals surface area contributed by atoms with E-state index in [2.05, 4.69) is 86.8 Å². The Bertz CT molecular complexity index is 892. The zero-order valence-electron chi connectivity index (χ0n) is 31.3. The van der Waals surface area contributed by atoms with Crippen molar-refractivity contribution >= 4 is 11.9 Å². The first-order valence-electron chi connectivity index (χ1n) is 19.9. The van der Waals surface area contributed by atoms with Crippen LogP contribution in [0.15, 0.2) is 72.9 Å². The summed E-state index contributed by atoms with van der Waals surface area (Å²) in [6.07, 6.45) is 55.0. The number of hydrogen-bond acceptors (Lipinski definition) is 3. The van der Waals surface area contributed by atoms with Crippen molar-refractivity contribution in [3.8, 4) is 0 Å². The number of ether oxygens (including phenoxy) is 1. The van der Waals surface area contributed by atoms with Gasteiger partial charge >= 0.3 is 11.9 Å². The van der Waals surface area contributed by atoms with E-state index in [1.54, 1.807) is 0 Å². The average Bonchev–Trinajstić information content (AvgIpc) is 3.07. The van der Waals surface area contributed by atoms with Gasteiger partial charge < -0.3 is 9.84 Å². The van der Waals surface area contributed by atoms with Crippen LogP contribution in [0.4, 0.5) is 0 Å². The maximum Gasteiger partial charge on any atom is 0.306 e. The first kappa shape index (κ1) is 45.4. The third-order valence-electron chi connectivity index (χ3n) is 8.46. The minimum atomic E-state index is -0.695. The molecule has 0 amide bonds. The van der Waals surface area contributed by atoms with E-state index in [4.69, 9.17) is 9.84 Å². The number of carboxylic acid groups (broad SMARTS) is 1. The van der Waals surface area contributed by atoms with Crippen LogP contribution >= 0.6 is 0 Å². The molecule has 274 valence electrons. The molecule has 0 aliphatic rings. The Morgan fingerprint density at radius 2 is 0.854 bits per heavy atom. The second-order valence-corrected chi connectivity index (χ2v) is 13.1. The van der Waals surface area contributed by atoms with E-state index >= 15 is 0 Å². The normalized spacial score (nSPS) is 13.0. The molecule has 0 radical (unpaired) electrons. The van der Waals surface area contributed by atoms with Gasteiger partial charge in [-0.15, -0.1) is 0 Å². The molecule has 0 saturated heterocycles. The van der Waals surface area contributed by atoms with Gasteiger partial charge in [-0.2, -0.15) is 0 Å². The molecular formula is C44H74O4. The molecule has 1 unspecified atom stereocenters. The van der Waals surface area contributed by atoms with Gasteiger partial charge in [0.2, 0.25) is 0 Å². The minimum absolute atomic E-state index is 0.0443. The third-order valence-corrected chi connectivity index (χ3v) is 8.46. The number of allylic oxidation sites excluding steroid dienone is 12. The van der Waals surface area contributed by atoms with E-state index in [1.807, 2.05) is 0 Å². The van der Waals surface area contributed by atoms with Crippen LogP contribution in [-0.2, 0) is 14.3 Å². The van der Waals surface area contributed by atoms with Crippen molar-refractivity contribution in [2.45, 2.75) is 193 Å². The standard InChI is InChI=1S/C44H74O4/c1-3-5-7-9-11-13-14-15-16-17-18-19-20-21-22-24-29-33-37-41-44(47)48-42(38-34-30-26-23-12-10-8-6-4-2)39-35-31-27-25-28-32-36-40-43(45)46/h5,7,11,13,15-16,18-19,21-22,29,33,42H,3-4,6,8-10,12,14,17,20,23-28,30-32,34-41H2,1-2H3,(H,45,46)/b7-5-,13-11-,16-15-,19-18-,22-21-,33-29-. The highest BCUT2D eigenvalue weighted by molar-refractivity contribution is 5.69. The fourth-order valence-electron chi connectivity index (χ4n) is 5.56. The molecule has 0 spiro atoms. The summed E-state index contributed by atoms with van der Waals surface area (Å²) < 4.78 is 5.98. The second-order valence-electron chi connectivity index (χ2n) is 13.1. The van der Waals surface area contributed by atoms with Crippen LogP contribution in [0.5, 0.6) is 0 Å². The summed E-state index contributed by atoms with van der Waals surface area (Å²) in [6.45, 7) is 4.42. The summed E-state index contributed by atoms with van der Waals surface area (Å²) >= 11 is 0. The number of aliphatic carboxylic acids is 1. The lowest BCUT2D eigenvalue weighted by Crippen LogP contribution is -2.18. The van der Waals surface area contributed by atoms with Crippen molar-refractivity contribution in [2.24, 2.45) is 0 Å². The highest BCUT2D eigenvalue weighted by atomic mass is 16.5. The van der Waals surface area contributed by atoms with Crippen LogP contribution in [0.1, 0.15) is 187 Å². The van der Waals surface area contributed by atoms with Crippen LogP contribution in [0.3, 0.4) is 0 Å². The van der Waals surface area contributed by atoms with Crippen LogP contribution in [0.25, 0.3) is 0 Å². The van der Waals surface area contributed by atoms with Gasteiger partial charge in [0.25, 0.3) is 0 Å². The summed E-state index contributed by atoms with van der Waals surface area (Å²) in [4.78, 5) is 23.3. The molecule has 0 aromatic heterocycles. The van der Waals surface area contributed by atoms with Crippen LogP contribution in [0.2, 0.25) is 0 Å². The lowest BCUT2D eigenvalue weighted by Gasteiger charge is -2.18. The van der Waals surface area contributed by atoms with Gasteiger partial charge in [-0.1, -0.05) is 170 Å². The second kappa shape index (κ2) is 38.8. The number of unbranched alkanes of at least 4 members (excludes halogenated alkanes) is 14. The summed E-state index contributed by atoms with van der Waals surface area (Å²) in [5, 5.41) is 8.76. The van der Waals surface area contributed by atoms with Gasteiger partial charge in [0.1, 0.15) is 6.10 Å². The van der Waals surface area contributed by atoms with E-state index in [1.165, 1.54) is 57.8 Å². The van der Waals surface area contributed by atoms with E-state index in [0.29, 0.717) is 6.42 Å². The fraction of sp³-hybridized carbons (Fsp3) is 0.682. The topological polar surface area (TPSA) is 63.6 Å². The molecule has 4 nitrogen and oxygen atoms in total. The number of carboxylic acids is 1. The monoisotopic (exact) mass is 667 g/mol. The first-order valence-corrected chi connectivity index (χ1v) is 19.9. The third kappa shape index (κ3) is 37.8. The predicted octanol–water partition coefficient (Wildman–Crippen LogP) is 13.9. The van der Waals surface area contributed by atoms with Crippen molar-refractivity contribution < 1.29 is 19.4 Å². The van der Waals surface area contributed by atoms with Crippen molar-refractivity contribution in [3.63, 3.8) is 0 Å². The first-order chi connectivity index (χ1) is 23.6. The van der Waals surface area contributed by atoms with Gasteiger partial charge in [0.15, 0.2) is 0 Å². The molecule has 1 atom stereocenters. The van der Waals surface area contributed by atoms with E-state index in [9.17, 15) is 9.59 Å². The van der Waals surface area contributed by atoms with E-state index in [-0.39, 0.29) is 18.5 Å². The Labute approximate surface area is 297 Å². The summed E-state index contributed by atoms with van der Waals surface area (Å²) in [5.41, 5.74) is 0. The summed E-state index contributed by atoms with van der Waals surface area (Å²) in [5.74, 6) is -0.756. The largest absolute Gasteiger partial charge is 0.481 e. The van der Waals surface area contributed by atoms with Gasteiger partial charge in [-0.25, -0.2) is 0 Å². The van der Waals surface area contributed by atoms with Crippen LogP contribution < -0.4 is 0 Å². The molecule has 0 aliphatic carbocycles. The molecule has 0 aromatic carbocycles. The van der Waals surface area contributed by atoms with E-state index < -0.39 is 5.97 Å². The quantitative estimate of drug-likeness (QED) is 0.0415. The number of rotatable bonds is 35. The van der Waals surface area contributed by atoms with Gasteiger partial charge in [0, 0.05) is 12.8 Å². The molecular weight excluding hydrogens is 592 g/mol. The summed E-state index contributed by atoms with van der Waals surface area (Å²) in [6, 6.07) is 0. The Morgan fingerprint density at radius 1 is 0.479 bits per heavy atom. The molecule has 0 aromatic rings. The zero-order chi connectivity index (χ0) is 35.0. The lowest BCUT2D eigenvalue weighted by molar-refractivity contribution is -0.149. The minimum Gasteiger partial charge on any atom is -0.481 e. The molecule has 0 fully saturated rings. The van der Waals surface area contributed by atoms with Gasteiger partial charge in [-0.05, 0) is 77.0 Å². The Morgan fingerprint density at radius 3 is 1.27 bits per heavy atom. The molecule has 4 heteroatoms. The van der Waals surface area contributed by atoms with Gasteiger partial charge in [0.05, 0.1) is 0 Å². The average molecular weight is 667 g/mol. The SMILES string of the molecule is CC/C=C\C/C=C\C/C=C\C/C=C\C/C=C\C/C=C\CCC(=O)OC(CCCCCCCCCCC)CCCCCCCCCC(=O)O. The fourth-order valence-corrected chi connectivity index (χ4v) is 5.56. The highest BCUT2D eigenvalue weighted by Crippen LogP contribution is 2.18. The highest BCUT2D eigenvalue weighted by Gasteiger charge is 2.14. The number of carbonyl (C=O) groups excluding carboxylic acids is 1. The maximum absolute atomic E-state index is 12.6. The van der Waals surface area contributed by atoms with Crippen LogP contribution in [-0.4, -0.2) is 23.1 Å². The van der Waals surface area contributed by atoms with Crippen LogP contribution in [0, 0.1) is 0 Å². The molecule has 0 saturated carbocycles. The lowest BCUT2D eigenvalue weighted by atomic mass is 10.0. The Hall–Kier alpha value is -2.62. The van der Waals surface area contributed by atoms with Crippen molar-refractivity contribution in [2.75, 3.05) is 0 Å². The molecule has 0 rings (SSSR count). The van der Waals surface area contributed by atoms with Crippen molar-refractivity contribution in [1.29, 1.82) is 0 Å². The number of hydrogen-bond donors (Lipinski definition) is 1. The molecule has 48 heavy (non-hydrogen) atoms. The Balaban J connectivity index is 4.20. The smallest absolute Gasteiger partial charge is 0.306 e. The maximum atomic E-state index is 12.6. The van der Waals surface area contributed by atoms with Gasteiger partial charge in [-0.3, -0.25) is 9.59 Å². The molecule has 0 bridgehead atoms. The number of carbonyl (C=O) groups is 2. The molecule has 1 N–H and O–H groups in total. The predicted molar refractivity (Wildman–Crippen MR) is 208 cm³/mol. The Kier molecular flexibility index (Phi) is 36.7. The van der Waals surface area contributed by atoms with Crippen molar-refractivity contribution in [1.82, 2.24) is 0 Å². The zero-order valence-corrected chi connectivity index (χ0v) is 31.3. The molecule has 0 heterocycles.